The molecule has 1 unspecified atom stereocenters. The highest BCUT2D eigenvalue weighted by Gasteiger charge is 2.11. The van der Waals surface area contributed by atoms with E-state index in [2.05, 4.69) is 10.4 Å². The lowest BCUT2D eigenvalue weighted by atomic mass is 10.1. The van der Waals surface area contributed by atoms with Crippen LogP contribution >= 0.6 is 11.6 Å². The minimum absolute atomic E-state index is 0.0488. The van der Waals surface area contributed by atoms with E-state index in [1.165, 1.54) is 12.1 Å². The largest absolute Gasteiger partial charge is 0.306 e. The molecule has 1 atom stereocenters. The van der Waals surface area contributed by atoms with E-state index >= 15 is 0 Å². The Hall–Kier alpha value is -1.39. The summed E-state index contributed by atoms with van der Waals surface area (Å²) in [5.41, 5.74) is 3.05. The summed E-state index contributed by atoms with van der Waals surface area (Å²) in [5, 5.41) is 8.11. The Morgan fingerprint density at radius 2 is 2.21 bits per heavy atom. The molecule has 2 aromatic rings. The molecular weight excluding hydrogens is 265 g/mol. The molecule has 0 aliphatic carbocycles. The fourth-order valence-electron chi connectivity index (χ4n) is 2.05. The van der Waals surface area contributed by atoms with Gasteiger partial charge in [0.25, 0.3) is 0 Å². The smallest absolute Gasteiger partial charge is 0.124 e. The van der Waals surface area contributed by atoms with E-state index in [4.69, 9.17) is 11.6 Å². The zero-order chi connectivity index (χ0) is 14.0. The Kier molecular flexibility index (Phi) is 4.22. The molecule has 1 heterocycles. The highest BCUT2D eigenvalue weighted by molar-refractivity contribution is 6.31. The number of aryl methyl sites for hydroxylation is 2. The minimum Gasteiger partial charge on any atom is -0.306 e. The van der Waals surface area contributed by atoms with Crippen LogP contribution < -0.4 is 5.32 Å². The third-order valence-electron chi connectivity index (χ3n) is 3.14. The molecule has 0 fully saturated rings. The maximum atomic E-state index is 13.0. The summed E-state index contributed by atoms with van der Waals surface area (Å²) < 4.78 is 14.8. The minimum atomic E-state index is -0.316. The number of benzene rings is 1. The van der Waals surface area contributed by atoms with Gasteiger partial charge >= 0.3 is 0 Å². The predicted molar refractivity (Wildman–Crippen MR) is 74.6 cm³/mol. The normalized spacial score (nSPS) is 12.7. The average molecular weight is 282 g/mol. The molecule has 0 aliphatic rings. The van der Waals surface area contributed by atoms with Crippen LogP contribution in [0, 0.1) is 12.7 Å². The molecule has 0 bridgehead atoms. The Morgan fingerprint density at radius 3 is 2.79 bits per heavy atom. The van der Waals surface area contributed by atoms with Crippen molar-refractivity contribution in [3.8, 4) is 0 Å². The van der Waals surface area contributed by atoms with Crippen molar-refractivity contribution < 1.29 is 4.39 Å². The highest BCUT2D eigenvalue weighted by atomic mass is 35.5. The van der Waals surface area contributed by atoms with Crippen LogP contribution in [0.25, 0.3) is 0 Å². The highest BCUT2D eigenvalue weighted by Crippen LogP contribution is 2.24. The number of nitrogens with zero attached hydrogens (tertiary/aromatic N) is 2. The summed E-state index contributed by atoms with van der Waals surface area (Å²) >= 11 is 6.05. The van der Waals surface area contributed by atoms with E-state index in [0.29, 0.717) is 11.6 Å². The van der Waals surface area contributed by atoms with E-state index in [-0.39, 0.29) is 11.9 Å². The van der Waals surface area contributed by atoms with Crippen molar-refractivity contribution in [1.82, 2.24) is 15.1 Å². The first-order valence-corrected chi connectivity index (χ1v) is 6.52. The van der Waals surface area contributed by atoms with Crippen LogP contribution in [0.3, 0.4) is 0 Å². The van der Waals surface area contributed by atoms with Crippen molar-refractivity contribution >= 4 is 11.6 Å². The van der Waals surface area contributed by atoms with Crippen molar-refractivity contribution in [3.05, 3.63) is 52.1 Å². The first kappa shape index (κ1) is 14.0. The SMILES string of the molecule is Cc1nn(C)cc1CNC(C)c1ccc(F)cc1Cl. The maximum Gasteiger partial charge on any atom is 0.124 e. The van der Waals surface area contributed by atoms with Gasteiger partial charge in [0.05, 0.1) is 5.69 Å². The monoisotopic (exact) mass is 281 g/mol. The van der Waals surface area contributed by atoms with E-state index in [0.717, 1.165) is 16.8 Å². The van der Waals surface area contributed by atoms with Crippen molar-refractivity contribution in [1.29, 1.82) is 0 Å². The molecule has 0 spiro atoms. The second-order valence-electron chi connectivity index (χ2n) is 4.68. The van der Waals surface area contributed by atoms with Crippen LogP contribution in [0.15, 0.2) is 24.4 Å². The second kappa shape index (κ2) is 5.72. The summed E-state index contributed by atoms with van der Waals surface area (Å²) in [6.45, 7) is 4.69. The maximum absolute atomic E-state index is 13.0. The molecule has 0 amide bonds. The first-order valence-electron chi connectivity index (χ1n) is 6.15. The average Bonchev–Trinajstić information content (AvgIpc) is 2.65. The Balaban J connectivity index is 2.05. The van der Waals surface area contributed by atoms with Gasteiger partial charge in [-0.25, -0.2) is 4.39 Å². The fraction of sp³-hybridized carbons (Fsp3) is 0.357. The third kappa shape index (κ3) is 3.33. The number of aromatic nitrogens is 2. The van der Waals surface area contributed by atoms with Crippen LogP contribution in [0.5, 0.6) is 0 Å². The zero-order valence-corrected chi connectivity index (χ0v) is 12.0. The first-order chi connectivity index (χ1) is 8.97. The lowest BCUT2D eigenvalue weighted by Gasteiger charge is -2.15. The molecule has 102 valence electrons. The molecule has 3 nitrogen and oxygen atoms in total. The van der Waals surface area contributed by atoms with E-state index < -0.39 is 0 Å². The lowest BCUT2D eigenvalue weighted by molar-refractivity contribution is 0.570. The molecule has 0 saturated heterocycles. The van der Waals surface area contributed by atoms with Gasteiger partial charge in [0.1, 0.15) is 5.82 Å². The topological polar surface area (TPSA) is 29.9 Å². The van der Waals surface area contributed by atoms with Crippen molar-refractivity contribution in [2.45, 2.75) is 26.4 Å². The Bertz CT molecular complexity index is 580. The second-order valence-corrected chi connectivity index (χ2v) is 5.09. The lowest BCUT2D eigenvalue weighted by Crippen LogP contribution is -2.18. The summed E-state index contributed by atoms with van der Waals surface area (Å²) in [7, 11) is 1.90. The number of nitrogens with one attached hydrogen (secondary N) is 1. The summed E-state index contributed by atoms with van der Waals surface area (Å²) in [4.78, 5) is 0. The molecule has 0 radical (unpaired) electrons. The molecular formula is C14H17ClFN3. The van der Waals surface area contributed by atoms with Gasteiger partial charge in [0.2, 0.25) is 0 Å². The molecule has 1 aromatic heterocycles. The quantitative estimate of drug-likeness (QED) is 0.931. The van der Waals surface area contributed by atoms with E-state index in [1.54, 1.807) is 10.7 Å². The van der Waals surface area contributed by atoms with Gasteiger partial charge in [-0.15, -0.1) is 0 Å². The van der Waals surface area contributed by atoms with E-state index in [1.807, 2.05) is 27.1 Å². The summed E-state index contributed by atoms with van der Waals surface area (Å²) in [5.74, 6) is -0.316. The van der Waals surface area contributed by atoms with Gasteiger partial charge in [-0.05, 0) is 31.5 Å². The molecule has 19 heavy (non-hydrogen) atoms. The van der Waals surface area contributed by atoms with Crippen molar-refractivity contribution in [2.24, 2.45) is 7.05 Å². The number of halogens is 2. The summed E-state index contributed by atoms with van der Waals surface area (Å²) in [6, 6.07) is 4.53. The Labute approximate surface area is 117 Å². The van der Waals surface area contributed by atoms with Crippen LogP contribution in [-0.2, 0) is 13.6 Å². The van der Waals surface area contributed by atoms with Gasteiger partial charge in [0.15, 0.2) is 0 Å². The molecule has 0 aliphatic heterocycles. The van der Waals surface area contributed by atoms with E-state index in [9.17, 15) is 4.39 Å². The van der Waals surface area contributed by atoms with Gasteiger partial charge in [-0.2, -0.15) is 5.10 Å². The molecule has 1 N–H and O–H groups in total. The zero-order valence-electron chi connectivity index (χ0n) is 11.2. The number of rotatable bonds is 4. The molecule has 0 saturated carbocycles. The van der Waals surface area contributed by atoms with Crippen LogP contribution in [0.2, 0.25) is 5.02 Å². The van der Waals surface area contributed by atoms with Crippen LogP contribution in [0.4, 0.5) is 4.39 Å². The van der Waals surface area contributed by atoms with Gasteiger partial charge in [-0.3, -0.25) is 4.68 Å². The standard InChI is InChI=1S/C14H17ClFN3/c1-9-11(8-19(3)18-9)7-17-10(2)13-5-4-12(16)6-14(13)15/h4-6,8,10,17H,7H2,1-3H3. The molecule has 5 heteroatoms. The Morgan fingerprint density at radius 1 is 1.47 bits per heavy atom. The van der Waals surface area contributed by atoms with Crippen molar-refractivity contribution in [2.75, 3.05) is 0 Å². The van der Waals surface area contributed by atoms with Gasteiger partial charge < -0.3 is 5.32 Å². The third-order valence-corrected chi connectivity index (χ3v) is 3.47. The number of hydrogen-bond acceptors (Lipinski definition) is 2. The van der Waals surface area contributed by atoms with Crippen LogP contribution in [-0.4, -0.2) is 9.78 Å². The molecule has 1 aromatic carbocycles. The number of hydrogen-bond donors (Lipinski definition) is 1. The molecule has 2 rings (SSSR count). The van der Waals surface area contributed by atoms with Gasteiger partial charge in [0, 0.05) is 36.4 Å². The predicted octanol–water partition coefficient (Wildman–Crippen LogP) is 3.37. The van der Waals surface area contributed by atoms with Gasteiger partial charge in [-0.1, -0.05) is 17.7 Å². The van der Waals surface area contributed by atoms with Crippen LogP contribution in [0.1, 0.15) is 29.8 Å². The van der Waals surface area contributed by atoms with Crippen molar-refractivity contribution in [3.63, 3.8) is 0 Å². The fourth-order valence-corrected chi connectivity index (χ4v) is 2.38. The summed E-state index contributed by atoms with van der Waals surface area (Å²) in [6.07, 6.45) is 1.99.